The van der Waals surface area contributed by atoms with Gasteiger partial charge in [0.15, 0.2) is 17.2 Å². The van der Waals surface area contributed by atoms with Gasteiger partial charge in [0.2, 0.25) is 0 Å². The molecule has 0 aromatic heterocycles. The van der Waals surface area contributed by atoms with Crippen LogP contribution >= 0.6 is 0 Å². The maximum atomic E-state index is 16.8. The fraction of sp³-hybridized carbons (Fsp3) is 0.636. The number of aliphatic hydroxyl groups excluding tert-OH is 2. The molecule has 0 aromatic carbocycles. The van der Waals surface area contributed by atoms with E-state index in [1.54, 1.807) is 13.0 Å². The first-order valence-electron chi connectivity index (χ1n) is 9.76. The van der Waals surface area contributed by atoms with Crippen LogP contribution in [0, 0.1) is 28.6 Å². The van der Waals surface area contributed by atoms with Crippen LogP contribution in [0.2, 0.25) is 0 Å². The van der Waals surface area contributed by atoms with Gasteiger partial charge in [0.05, 0.1) is 6.10 Å². The van der Waals surface area contributed by atoms with Crippen LogP contribution in [0.25, 0.3) is 0 Å². The van der Waals surface area contributed by atoms with Crippen LogP contribution in [0.3, 0.4) is 0 Å². The molecule has 0 saturated heterocycles. The zero-order valence-corrected chi connectivity index (χ0v) is 16.0. The van der Waals surface area contributed by atoms with Gasteiger partial charge in [-0.2, -0.15) is 0 Å². The molecule has 4 aliphatic rings. The predicted octanol–water partition coefficient (Wildman–Crippen LogP) is 2.70. The number of alkyl halides is 1. The maximum absolute atomic E-state index is 16.8. The highest BCUT2D eigenvalue weighted by atomic mass is 19.1. The van der Waals surface area contributed by atoms with Crippen LogP contribution in [0.5, 0.6) is 0 Å². The number of fused-ring (bicyclic) bond motifs is 5. The lowest BCUT2D eigenvalue weighted by Crippen LogP contribution is -2.67. The molecule has 4 rings (SSSR count). The molecule has 27 heavy (non-hydrogen) atoms. The minimum Gasteiger partial charge on any atom is -0.390 e. The first-order valence-corrected chi connectivity index (χ1v) is 9.76. The van der Waals surface area contributed by atoms with Crippen molar-refractivity contribution in [3.05, 3.63) is 35.5 Å². The molecule has 7 atom stereocenters. The summed E-state index contributed by atoms with van der Waals surface area (Å²) in [5.74, 6) is -0.989. The summed E-state index contributed by atoms with van der Waals surface area (Å²) in [5, 5.41) is 20.4. The third-order valence-electron chi connectivity index (χ3n) is 7.99. The van der Waals surface area contributed by atoms with Gasteiger partial charge in [-0.1, -0.05) is 31.6 Å². The smallest absolute Gasteiger partial charge is 0.184 e. The summed E-state index contributed by atoms with van der Waals surface area (Å²) < 4.78 is 16.8. The Bertz CT molecular complexity index is 811. The fourth-order valence-corrected chi connectivity index (χ4v) is 6.69. The van der Waals surface area contributed by atoms with E-state index in [-0.39, 0.29) is 29.8 Å². The normalized spacial score (nSPS) is 48.3. The monoisotopic (exact) mass is 374 g/mol. The number of ketones is 2. The average Bonchev–Trinajstić information content (AvgIpc) is 2.95. The van der Waals surface area contributed by atoms with Gasteiger partial charge in [-0.3, -0.25) is 9.59 Å². The van der Waals surface area contributed by atoms with E-state index in [4.69, 9.17) is 0 Å². The Hall–Kier alpha value is -1.59. The van der Waals surface area contributed by atoms with Crippen molar-refractivity contribution in [2.45, 2.75) is 51.8 Å². The highest BCUT2D eigenvalue weighted by molar-refractivity contribution is 6.01. The summed E-state index contributed by atoms with van der Waals surface area (Å²) >= 11 is 0. The number of Topliss-reactive ketones (excluding diaryl/α,β-unsaturated/α-hetero) is 1. The number of halogens is 1. The van der Waals surface area contributed by atoms with Gasteiger partial charge in [-0.25, -0.2) is 4.39 Å². The first kappa shape index (κ1) is 18.8. The van der Waals surface area contributed by atoms with Crippen molar-refractivity contribution in [1.82, 2.24) is 0 Å². The highest BCUT2D eigenvalue weighted by Crippen LogP contribution is 2.68. The van der Waals surface area contributed by atoms with Crippen molar-refractivity contribution in [2.75, 3.05) is 6.61 Å². The molecule has 146 valence electrons. The van der Waals surface area contributed by atoms with Crippen LogP contribution in [-0.2, 0) is 9.59 Å². The van der Waals surface area contributed by atoms with Gasteiger partial charge < -0.3 is 10.2 Å². The third-order valence-corrected chi connectivity index (χ3v) is 7.99. The summed E-state index contributed by atoms with van der Waals surface area (Å²) in [4.78, 5) is 24.2. The lowest BCUT2D eigenvalue weighted by Gasteiger charge is -2.63. The number of aliphatic hydroxyl groups is 2. The Morgan fingerprint density at radius 1 is 1.33 bits per heavy atom. The standard InChI is InChI=1S/C22H27FO4/c1-12-8-17-14-4-5-15(18(26)11-24)20(14,2)10-19(27)22(17,23)21(3)7-6-13(25)9-16(12)21/h5-7,9,12,14,17,19,24,27H,4,8,10-11H2,1-3H3/t12-,14-,17-,19-,20-,21-,22-/m0/s1. The molecular weight excluding hydrogens is 347 g/mol. The zero-order valence-electron chi connectivity index (χ0n) is 16.0. The number of hydrogen-bond donors (Lipinski definition) is 2. The SMILES string of the molecule is C[C@H]1C[C@H]2[C@@H]3CC=C(C(=O)CO)[C@@]3(C)C[C@H](O)[C@]2(F)[C@@]2(C)C=CC(=O)C=C12. The summed E-state index contributed by atoms with van der Waals surface area (Å²) in [6.45, 7) is 5.15. The molecule has 4 aliphatic carbocycles. The van der Waals surface area contributed by atoms with Gasteiger partial charge in [-0.15, -0.1) is 0 Å². The molecule has 0 amide bonds. The van der Waals surface area contributed by atoms with Crippen LogP contribution in [0.1, 0.15) is 40.0 Å². The van der Waals surface area contributed by atoms with Crippen LogP contribution in [0.15, 0.2) is 35.5 Å². The molecule has 0 radical (unpaired) electrons. The molecular formula is C22H27FO4. The second-order valence-electron chi connectivity index (χ2n) is 9.23. The van der Waals surface area contributed by atoms with Gasteiger partial charge in [0.25, 0.3) is 0 Å². The molecule has 0 unspecified atom stereocenters. The quantitative estimate of drug-likeness (QED) is 0.779. The second-order valence-corrected chi connectivity index (χ2v) is 9.23. The van der Waals surface area contributed by atoms with E-state index in [0.717, 1.165) is 5.57 Å². The minimum atomic E-state index is -1.89. The van der Waals surface area contributed by atoms with Crippen molar-refractivity contribution in [3.63, 3.8) is 0 Å². The lowest BCUT2D eigenvalue weighted by molar-refractivity contribution is -0.191. The highest BCUT2D eigenvalue weighted by Gasteiger charge is 2.70. The molecule has 2 fully saturated rings. The molecule has 2 saturated carbocycles. The van der Waals surface area contributed by atoms with E-state index >= 15 is 4.39 Å². The Morgan fingerprint density at radius 2 is 2.04 bits per heavy atom. The van der Waals surface area contributed by atoms with Crippen LogP contribution in [-0.4, -0.2) is 40.2 Å². The van der Waals surface area contributed by atoms with Crippen LogP contribution in [0.4, 0.5) is 4.39 Å². The fourth-order valence-electron chi connectivity index (χ4n) is 6.69. The minimum absolute atomic E-state index is 0.0184. The summed E-state index contributed by atoms with van der Waals surface area (Å²) in [7, 11) is 0. The molecule has 0 heterocycles. The lowest BCUT2D eigenvalue weighted by atomic mass is 9.43. The topological polar surface area (TPSA) is 74.6 Å². The van der Waals surface area contributed by atoms with Gasteiger partial charge >= 0.3 is 0 Å². The Balaban J connectivity index is 1.82. The Morgan fingerprint density at radius 3 is 2.70 bits per heavy atom. The molecule has 2 N–H and O–H groups in total. The van der Waals surface area contributed by atoms with E-state index in [9.17, 15) is 19.8 Å². The molecule has 5 heteroatoms. The van der Waals surface area contributed by atoms with E-state index in [2.05, 4.69) is 0 Å². The summed E-state index contributed by atoms with van der Waals surface area (Å²) in [6.07, 6.45) is 6.42. The largest absolute Gasteiger partial charge is 0.390 e. The molecule has 4 nitrogen and oxygen atoms in total. The number of rotatable bonds is 2. The average molecular weight is 374 g/mol. The van der Waals surface area contributed by atoms with E-state index in [1.165, 1.54) is 12.2 Å². The van der Waals surface area contributed by atoms with Crippen molar-refractivity contribution in [2.24, 2.45) is 28.6 Å². The number of carbonyl (C=O) groups is 2. The molecule has 0 aromatic rings. The number of hydrogen-bond acceptors (Lipinski definition) is 4. The van der Waals surface area contributed by atoms with Crippen molar-refractivity contribution in [3.8, 4) is 0 Å². The molecule has 0 aliphatic heterocycles. The van der Waals surface area contributed by atoms with Crippen LogP contribution < -0.4 is 0 Å². The summed E-state index contributed by atoms with van der Waals surface area (Å²) in [6, 6.07) is 0. The van der Waals surface area contributed by atoms with Crippen molar-refractivity contribution < 1.29 is 24.2 Å². The van der Waals surface area contributed by atoms with Gasteiger partial charge in [0.1, 0.15) is 6.61 Å². The van der Waals surface area contributed by atoms with E-state index in [0.29, 0.717) is 18.4 Å². The van der Waals surface area contributed by atoms with E-state index in [1.807, 2.05) is 19.9 Å². The Labute approximate surface area is 158 Å². The second kappa shape index (κ2) is 5.71. The maximum Gasteiger partial charge on any atom is 0.184 e. The zero-order chi connectivity index (χ0) is 19.8. The van der Waals surface area contributed by atoms with Crippen molar-refractivity contribution >= 4 is 11.6 Å². The Kier molecular flexibility index (Phi) is 3.97. The van der Waals surface area contributed by atoms with Gasteiger partial charge in [0, 0.05) is 16.7 Å². The van der Waals surface area contributed by atoms with E-state index < -0.39 is 35.1 Å². The molecule has 0 spiro atoms. The summed E-state index contributed by atoms with van der Waals surface area (Å²) in [5.41, 5.74) is -2.27. The predicted molar refractivity (Wildman–Crippen MR) is 98.5 cm³/mol. The molecule has 0 bridgehead atoms. The number of allylic oxidation sites excluding steroid dienone is 5. The van der Waals surface area contributed by atoms with Crippen molar-refractivity contribution in [1.29, 1.82) is 0 Å². The number of carbonyl (C=O) groups excluding carboxylic acids is 2. The first-order chi connectivity index (χ1) is 12.6. The third kappa shape index (κ3) is 2.16. The van der Waals surface area contributed by atoms with Gasteiger partial charge in [-0.05, 0) is 55.7 Å².